The van der Waals surface area contributed by atoms with Crippen LogP contribution in [0, 0.1) is 5.92 Å². The Morgan fingerprint density at radius 2 is 1.94 bits per heavy atom. The second kappa shape index (κ2) is 6.35. The smallest absolute Gasteiger partial charge is 0.154 e. The summed E-state index contributed by atoms with van der Waals surface area (Å²) in [4.78, 5) is 0. The summed E-state index contributed by atoms with van der Waals surface area (Å²) in [5.74, 6) is 0.997. The van der Waals surface area contributed by atoms with Crippen molar-refractivity contribution >= 4 is 9.84 Å². The van der Waals surface area contributed by atoms with E-state index in [0.29, 0.717) is 11.7 Å². The molecule has 0 spiro atoms. The normalized spacial score (nSPS) is 31.1. The summed E-state index contributed by atoms with van der Waals surface area (Å²) >= 11 is 0. The van der Waals surface area contributed by atoms with Crippen LogP contribution in [0.25, 0.3) is 0 Å². The fourth-order valence-electron chi connectivity index (χ4n) is 3.23. The van der Waals surface area contributed by atoms with Crippen LogP contribution in [0.5, 0.6) is 0 Å². The molecule has 0 amide bonds. The molecule has 2 aliphatic heterocycles. The molecule has 0 bridgehead atoms. The third-order valence-corrected chi connectivity index (χ3v) is 6.72. The second-order valence-corrected chi connectivity index (χ2v) is 7.93. The molecular formula is C13H25NO3S. The zero-order chi connectivity index (χ0) is 13.0. The molecule has 5 heteroatoms. The molecule has 2 unspecified atom stereocenters. The Morgan fingerprint density at radius 3 is 2.56 bits per heavy atom. The van der Waals surface area contributed by atoms with Crippen molar-refractivity contribution in [3.63, 3.8) is 0 Å². The predicted molar refractivity (Wildman–Crippen MR) is 72.4 cm³/mol. The van der Waals surface area contributed by atoms with Crippen LogP contribution in [0.4, 0.5) is 0 Å². The number of hydrogen-bond donors (Lipinski definition) is 1. The van der Waals surface area contributed by atoms with Crippen molar-refractivity contribution in [2.24, 2.45) is 5.92 Å². The summed E-state index contributed by atoms with van der Waals surface area (Å²) in [6.07, 6.45) is 5.85. The SMILES string of the molecule is CNC(CC1CCOCC1)C1CCCCS1(=O)=O. The molecule has 0 aromatic carbocycles. The molecule has 0 aliphatic carbocycles. The monoisotopic (exact) mass is 275 g/mol. The van der Waals surface area contributed by atoms with Gasteiger partial charge in [-0.1, -0.05) is 6.42 Å². The molecule has 2 rings (SSSR count). The van der Waals surface area contributed by atoms with E-state index in [1.54, 1.807) is 0 Å². The van der Waals surface area contributed by atoms with E-state index in [4.69, 9.17) is 4.74 Å². The molecule has 2 aliphatic rings. The first-order valence-corrected chi connectivity index (χ1v) is 8.81. The maximum atomic E-state index is 12.2. The van der Waals surface area contributed by atoms with Gasteiger partial charge in [-0.15, -0.1) is 0 Å². The van der Waals surface area contributed by atoms with Gasteiger partial charge in [-0.3, -0.25) is 0 Å². The molecule has 1 N–H and O–H groups in total. The zero-order valence-corrected chi connectivity index (χ0v) is 12.0. The van der Waals surface area contributed by atoms with E-state index < -0.39 is 9.84 Å². The van der Waals surface area contributed by atoms with Crippen molar-refractivity contribution in [2.45, 2.75) is 49.8 Å². The summed E-state index contributed by atoms with van der Waals surface area (Å²) < 4.78 is 29.7. The van der Waals surface area contributed by atoms with Gasteiger partial charge in [0.2, 0.25) is 0 Å². The van der Waals surface area contributed by atoms with Gasteiger partial charge in [0.15, 0.2) is 9.84 Å². The van der Waals surface area contributed by atoms with E-state index in [2.05, 4.69) is 5.32 Å². The molecule has 18 heavy (non-hydrogen) atoms. The van der Waals surface area contributed by atoms with Gasteiger partial charge in [0.1, 0.15) is 0 Å². The average Bonchev–Trinajstić information content (AvgIpc) is 2.37. The van der Waals surface area contributed by atoms with E-state index in [0.717, 1.165) is 51.7 Å². The van der Waals surface area contributed by atoms with Gasteiger partial charge in [0.25, 0.3) is 0 Å². The highest BCUT2D eigenvalue weighted by Gasteiger charge is 2.35. The fraction of sp³-hybridized carbons (Fsp3) is 1.00. The number of sulfone groups is 1. The van der Waals surface area contributed by atoms with Crippen LogP contribution in [0.15, 0.2) is 0 Å². The van der Waals surface area contributed by atoms with Crippen LogP contribution in [0.1, 0.15) is 38.5 Å². The topological polar surface area (TPSA) is 55.4 Å². The Hall–Kier alpha value is -0.130. The average molecular weight is 275 g/mol. The summed E-state index contributed by atoms with van der Waals surface area (Å²) in [5.41, 5.74) is 0. The fourth-order valence-corrected chi connectivity index (χ4v) is 5.41. The largest absolute Gasteiger partial charge is 0.381 e. The third kappa shape index (κ3) is 3.45. The van der Waals surface area contributed by atoms with Crippen LogP contribution in [-0.4, -0.2) is 45.7 Å². The summed E-state index contributed by atoms with van der Waals surface area (Å²) in [7, 11) is -0.982. The van der Waals surface area contributed by atoms with E-state index in [1.807, 2.05) is 7.05 Å². The molecule has 2 heterocycles. The van der Waals surface area contributed by atoms with Crippen LogP contribution in [0.3, 0.4) is 0 Å². The lowest BCUT2D eigenvalue weighted by Gasteiger charge is -2.33. The molecule has 2 atom stereocenters. The van der Waals surface area contributed by atoms with Gasteiger partial charge in [-0.2, -0.15) is 0 Å². The second-order valence-electron chi connectivity index (χ2n) is 5.59. The van der Waals surface area contributed by atoms with Crippen molar-refractivity contribution in [3.8, 4) is 0 Å². The van der Waals surface area contributed by atoms with Crippen molar-refractivity contribution in [3.05, 3.63) is 0 Å². The first-order chi connectivity index (χ1) is 8.63. The van der Waals surface area contributed by atoms with E-state index in [9.17, 15) is 8.42 Å². The van der Waals surface area contributed by atoms with Gasteiger partial charge in [0, 0.05) is 19.3 Å². The highest BCUT2D eigenvalue weighted by molar-refractivity contribution is 7.92. The van der Waals surface area contributed by atoms with Crippen molar-refractivity contribution in [1.82, 2.24) is 5.32 Å². The third-order valence-electron chi connectivity index (χ3n) is 4.38. The van der Waals surface area contributed by atoms with Crippen LogP contribution < -0.4 is 5.32 Å². The molecule has 2 saturated heterocycles. The Morgan fingerprint density at radius 1 is 1.22 bits per heavy atom. The highest BCUT2D eigenvalue weighted by Crippen LogP contribution is 2.28. The minimum Gasteiger partial charge on any atom is -0.381 e. The van der Waals surface area contributed by atoms with E-state index in [-0.39, 0.29) is 11.3 Å². The van der Waals surface area contributed by atoms with Gasteiger partial charge in [0.05, 0.1) is 11.0 Å². The molecule has 106 valence electrons. The number of rotatable bonds is 4. The Kier molecular flexibility index (Phi) is 5.04. The van der Waals surface area contributed by atoms with Crippen molar-refractivity contribution in [2.75, 3.05) is 26.0 Å². The zero-order valence-electron chi connectivity index (χ0n) is 11.2. The minimum atomic E-state index is -2.88. The summed E-state index contributed by atoms with van der Waals surface area (Å²) in [5, 5.41) is 3.09. The summed E-state index contributed by atoms with van der Waals surface area (Å²) in [6.45, 7) is 1.66. The lowest BCUT2D eigenvalue weighted by Crippen LogP contribution is -2.46. The minimum absolute atomic E-state index is 0.124. The lowest BCUT2D eigenvalue weighted by atomic mass is 9.90. The Bertz CT molecular complexity index is 349. The van der Waals surface area contributed by atoms with Gasteiger partial charge >= 0.3 is 0 Å². The van der Waals surface area contributed by atoms with Gasteiger partial charge < -0.3 is 10.1 Å². The van der Waals surface area contributed by atoms with Crippen LogP contribution in [0.2, 0.25) is 0 Å². The van der Waals surface area contributed by atoms with Gasteiger partial charge in [-0.05, 0) is 45.1 Å². The van der Waals surface area contributed by atoms with E-state index >= 15 is 0 Å². The Balaban J connectivity index is 1.98. The van der Waals surface area contributed by atoms with Gasteiger partial charge in [-0.25, -0.2) is 8.42 Å². The first kappa shape index (κ1) is 14.3. The highest BCUT2D eigenvalue weighted by atomic mass is 32.2. The molecule has 0 aromatic rings. The van der Waals surface area contributed by atoms with Crippen LogP contribution in [-0.2, 0) is 14.6 Å². The molecular weight excluding hydrogens is 250 g/mol. The Labute approximate surface area is 110 Å². The van der Waals surface area contributed by atoms with Crippen LogP contribution >= 0.6 is 0 Å². The molecule has 4 nitrogen and oxygen atoms in total. The van der Waals surface area contributed by atoms with Crippen molar-refractivity contribution < 1.29 is 13.2 Å². The number of ether oxygens (including phenoxy) is 1. The quantitative estimate of drug-likeness (QED) is 0.841. The first-order valence-electron chi connectivity index (χ1n) is 7.10. The number of nitrogens with one attached hydrogen (secondary N) is 1. The molecule has 0 aromatic heterocycles. The molecule has 0 saturated carbocycles. The predicted octanol–water partition coefficient (Wildman–Crippen LogP) is 1.36. The maximum Gasteiger partial charge on any atom is 0.154 e. The summed E-state index contributed by atoms with van der Waals surface area (Å²) in [6, 6.07) is 0.124. The maximum absolute atomic E-state index is 12.2. The standard InChI is InChI=1S/C13H25NO3S/c1-14-12(10-11-5-7-17-8-6-11)13-4-2-3-9-18(13,15)16/h11-14H,2-10H2,1H3. The van der Waals surface area contributed by atoms with E-state index in [1.165, 1.54) is 0 Å². The lowest BCUT2D eigenvalue weighted by molar-refractivity contribution is 0.0605. The van der Waals surface area contributed by atoms with Crippen molar-refractivity contribution in [1.29, 1.82) is 0 Å². The molecule has 2 fully saturated rings. The number of hydrogen-bond acceptors (Lipinski definition) is 4. The molecule has 0 radical (unpaired) electrons.